The molecule has 0 bridgehead atoms. The van der Waals surface area contributed by atoms with Gasteiger partial charge in [-0.1, -0.05) is 12.1 Å². The molecule has 0 aromatic heterocycles. The van der Waals surface area contributed by atoms with Crippen LogP contribution in [0.25, 0.3) is 0 Å². The zero-order valence-corrected chi connectivity index (χ0v) is 19.1. The van der Waals surface area contributed by atoms with Gasteiger partial charge in [0.05, 0.1) is 19.6 Å². The maximum Gasteiger partial charge on any atom is 0.206 e. The molecule has 0 fully saturated rings. The lowest BCUT2D eigenvalue weighted by Crippen LogP contribution is -2.02. The van der Waals surface area contributed by atoms with Gasteiger partial charge in [-0.15, -0.1) is 5.75 Å². The topological polar surface area (TPSA) is 152 Å². The van der Waals surface area contributed by atoms with E-state index >= 15 is 0 Å². The van der Waals surface area contributed by atoms with Crippen molar-refractivity contribution in [1.29, 1.82) is 0 Å². The van der Waals surface area contributed by atoms with Gasteiger partial charge in [0.1, 0.15) is 17.2 Å². The van der Waals surface area contributed by atoms with Crippen molar-refractivity contribution in [3.05, 3.63) is 97.1 Å². The highest BCUT2D eigenvalue weighted by Crippen LogP contribution is 2.25. The van der Waals surface area contributed by atoms with Gasteiger partial charge in [0.15, 0.2) is 0 Å². The number of benzene rings is 4. The van der Waals surface area contributed by atoms with E-state index in [4.69, 9.17) is 15.3 Å². The van der Waals surface area contributed by atoms with E-state index in [2.05, 4.69) is 0 Å². The lowest BCUT2D eigenvalue weighted by Gasteiger charge is -2.07. The van der Waals surface area contributed by atoms with E-state index in [1.54, 1.807) is 0 Å². The monoisotopic (exact) mass is 499 g/mol. The van der Waals surface area contributed by atoms with Crippen molar-refractivity contribution < 1.29 is 37.3 Å². The Bertz CT molecular complexity index is 1240. The van der Waals surface area contributed by atoms with Gasteiger partial charge in [0.2, 0.25) is 19.7 Å². The first-order valence-corrected chi connectivity index (χ1v) is 12.6. The van der Waals surface area contributed by atoms with Crippen LogP contribution in [0.15, 0.2) is 117 Å². The number of hydrogen-bond donors (Lipinski definition) is 3. The van der Waals surface area contributed by atoms with Crippen LogP contribution < -0.4 is 5.11 Å². The lowest BCUT2D eigenvalue weighted by molar-refractivity contribution is -0.268. The number of rotatable bonds is 4. The molecule has 10 heteroatoms. The Hall–Kier alpha value is -4.02. The SMILES string of the molecule is O=S(=O)(c1ccc(O)cc1)c1ccc(O)cc1.O=S(=O)(c1ccc([O-])cc1)c1ccc(O)cc1. The Morgan fingerprint density at radius 2 is 0.618 bits per heavy atom. The van der Waals surface area contributed by atoms with Crippen molar-refractivity contribution in [1.82, 2.24) is 0 Å². The molecule has 0 saturated heterocycles. The Morgan fingerprint density at radius 1 is 0.412 bits per heavy atom. The second-order valence-electron chi connectivity index (χ2n) is 6.96. The van der Waals surface area contributed by atoms with Crippen molar-refractivity contribution in [2.45, 2.75) is 19.6 Å². The van der Waals surface area contributed by atoms with E-state index in [1.807, 2.05) is 0 Å². The van der Waals surface area contributed by atoms with E-state index in [0.29, 0.717) is 0 Å². The second kappa shape index (κ2) is 9.86. The zero-order chi connectivity index (χ0) is 24.9. The first-order chi connectivity index (χ1) is 16.0. The third kappa shape index (κ3) is 5.66. The van der Waals surface area contributed by atoms with Crippen LogP contribution in [0, 0.1) is 0 Å². The molecular weight excluding hydrogens is 480 g/mol. The van der Waals surface area contributed by atoms with Crippen LogP contribution in [0.1, 0.15) is 0 Å². The van der Waals surface area contributed by atoms with E-state index in [9.17, 15) is 21.9 Å². The molecule has 0 spiro atoms. The predicted octanol–water partition coefficient (Wildman–Crippen LogP) is 3.23. The molecule has 0 radical (unpaired) electrons. The molecule has 4 aromatic carbocycles. The highest BCUT2D eigenvalue weighted by Gasteiger charge is 2.17. The smallest absolute Gasteiger partial charge is 0.206 e. The summed E-state index contributed by atoms with van der Waals surface area (Å²) in [5.41, 5.74) is 0. The molecule has 34 heavy (non-hydrogen) atoms. The van der Waals surface area contributed by atoms with Crippen LogP contribution in [0.2, 0.25) is 0 Å². The van der Waals surface area contributed by atoms with Gasteiger partial charge >= 0.3 is 0 Å². The van der Waals surface area contributed by atoms with E-state index in [-0.39, 0.29) is 42.6 Å². The third-order valence-corrected chi connectivity index (χ3v) is 8.15. The normalized spacial score (nSPS) is 11.3. The summed E-state index contributed by atoms with van der Waals surface area (Å²) in [6.07, 6.45) is 0. The molecule has 0 unspecified atom stereocenters. The average molecular weight is 500 g/mol. The lowest BCUT2D eigenvalue weighted by atomic mass is 10.3. The summed E-state index contributed by atoms with van der Waals surface area (Å²) in [6.45, 7) is 0. The van der Waals surface area contributed by atoms with Crippen molar-refractivity contribution >= 4 is 19.7 Å². The molecule has 176 valence electrons. The van der Waals surface area contributed by atoms with Gasteiger partial charge in [0.25, 0.3) is 0 Å². The number of phenolic OH excluding ortho intramolecular Hbond substituents is 3. The summed E-state index contributed by atoms with van der Waals surface area (Å²) < 4.78 is 48.3. The Kier molecular flexibility index (Phi) is 7.14. The van der Waals surface area contributed by atoms with Gasteiger partial charge in [-0.3, -0.25) is 0 Å². The van der Waals surface area contributed by atoms with Crippen molar-refractivity contribution in [3.8, 4) is 23.0 Å². The van der Waals surface area contributed by atoms with Crippen LogP contribution in [0.5, 0.6) is 23.0 Å². The van der Waals surface area contributed by atoms with Gasteiger partial charge in [0, 0.05) is 0 Å². The fourth-order valence-corrected chi connectivity index (χ4v) is 5.29. The molecule has 0 aliphatic rings. The number of hydrogen-bond acceptors (Lipinski definition) is 8. The number of sulfone groups is 2. The first kappa shape index (κ1) is 24.6. The highest BCUT2D eigenvalue weighted by atomic mass is 32.2. The minimum absolute atomic E-state index is 0.00106. The summed E-state index contributed by atoms with van der Waals surface area (Å²) in [6, 6.07) is 20.7. The summed E-state index contributed by atoms with van der Waals surface area (Å²) in [7, 11) is -7.22. The van der Waals surface area contributed by atoms with E-state index < -0.39 is 19.7 Å². The quantitative estimate of drug-likeness (QED) is 0.387. The average Bonchev–Trinajstić information content (AvgIpc) is 2.81. The summed E-state index contributed by atoms with van der Waals surface area (Å²) in [5.74, 6) is -0.224. The molecule has 0 atom stereocenters. The highest BCUT2D eigenvalue weighted by molar-refractivity contribution is 7.91. The largest absolute Gasteiger partial charge is 0.872 e. The molecule has 0 aliphatic carbocycles. The molecule has 4 aromatic rings. The van der Waals surface area contributed by atoms with E-state index in [0.717, 1.165) is 0 Å². The molecule has 0 heterocycles. The molecule has 8 nitrogen and oxygen atoms in total. The zero-order valence-electron chi connectivity index (χ0n) is 17.4. The van der Waals surface area contributed by atoms with Gasteiger partial charge in [-0.05, 0) is 84.9 Å². The number of aromatic hydroxyl groups is 3. The fourth-order valence-electron chi connectivity index (χ4n) is 2.77. The standard InChI is InChI=1S/2C12H10O4S/c2*13-9-1-5-11(6-2-9)17(15,16)12-7-3-10(14)4-8-12/h2*1-8,13-14H/p-1. The Balaban J connectivity index is 0.000000191. The van der Waals surface area contributed by atoms with Gasteiger partial charge in [-0.25, -0.2) is 16.8 Å². The van der Waals surface area contributed by atoms with Crippen LogP contribution in [0.4, 0.5) is 0 Å². The van der Waals surface area contributed by atoms with Crippen LogP contribution in [-0.2, 0) is 19.7 Å². The molecule has 0 aliphatic heterocycles. The molecule has 0 saturated carbocycles. The Morgan fingerprint density at radius 3 is 0.853 bits per heavy atom. The van der Waals surface area contributed by atoms with Crippen LogP contribution in [-0.4, -0.2) is 32.2 Å². The predicted molar refractivity (Wildman–Crippen MR) is 121 cm³/mol. The van der Waals surface area contributed by atoms with E-state index in [1.165, 1.54) is 97.1 Å². The molecule has 3 N–H and O–H groups in total. The fraction of sp³-hybridized carbons (Fsp3) is 0. The van der Waals surface area contributed by atoms with Crippen LogP contribution in [0.3, 0.4) is 0 Å². The summed E-state index contributed by atoms with van der Waals surface area (Å²) in [5, 5.41) is 38.2. The Labute approximate surface area is 196 Å². The minimum Gasteiger partial charge on any atom is -0.872 e. The minimum atomic E-state index is -3.62. The maximum atomic E-state index is 12.1. The van der Waals surface area contributed by atoms with Gasteiger partial charge < -0.3 is 20.4 Å². The van der Waals surface area contributed by atoms with Crippen molar-refractivity contribution in [2.75, 3.05) is 0 Å². The van der Waals surface area contributed by atoms with Crippen molar-refractivity contribution in [3.63, 3.8) is 0 Å². The summed E-state index contributed by atoms with van der Waals surface area (Å²) in [4.78, 5) is 0.332. The maximum absolute atomic E-state index is 12.1. The van der Waals surface area contributed by atoms with Crippen LogP contribution >= 0.6 is 0 Å². The molecular formula is C24H19O8S2-. The molecule has 0 amide bonds. The number of phenols is 3. The van der Waals surface area contributed by atoms with Crippen molar-refractivity contribution in [2.24, 2.45) is 0 Å². The molecule has 4 rings (SSSR count). The summed E-state index contributed by atoms with van der Waals surface area (Å²) >= 11 is 0. The third-order valence-electron chi connectivity index (χ3n) is 4.58. The second-order valence-corrected chi connectivity index (χ2v) is 10.9. The van der Waals surface area contributed by atoms with Gasteiger partial charge in [-0.2, -0.15) is 0 Å². The first-order valence-electron chi connectivity index (χ1n) is 9.64.